The molecule has 116 valence electrons. The molecule has 0 spiro atoms. The Balaban J connectivity index is 1.90. The van der Waals surface area contributed by atoms with E-state index in [-0.39, 0.29) is 4.90 Å². The molecule has 0 unspecified atom stereocenters. The summed E-state index contributed by atoms with van der Waals surface area (Å²) in [6.07, 6.45) is 0.699. The van der Waals surface area contributed by atoms with Crippen LogP contribution in [0.15, 0.2) is 47.4 Å². The van der Waals surface area contributed by atoms with Crippen LogP contribution in [0, 0.1) is 0 Å². The van der Waals surface area contributed by atoms with E-state index in [2.05, 4.69) is 0 Å². The summed E-state index contributed by atoms with van der Waals surface area (Å²) in [6, 6.07) is 12.1. The third-order valence-corrected chi connectivity index (χ3v) is 5.76. The Bertz CT molecular complexity index is 786. The maximum atomic E-state index is 12.7. The lowest BCUT2D eigenvalue weighted by molar-refractivity contribution is 0.391. The molecule has 1 heterocycles. The van der Waals surface area contributed by atoms with Gasteiger partial charge < -0.3 is 10.5 Å². The number of methoxy groups -OCH3 is 1. The molecule has 0 radical (unpaired) electrons. The van der Waals surface area contributed by atoms with E-state index >= 15 is 0 Å². The lowest BCUT2D eigenvalue weighted by atomic mass is 10.0. The van der Waals surface area contributed by atoms with E-state index in [1.807, 2.05) is 18.2 Å². The molecule has 3 rings (SSSR count). The van der Waals surface area contributed by atoms with Crippen LogP contribution in [0.1, 0.15) is 11.1 Å². The Morgan fingerprint density at radius 2 is 1.82 bits per heavy atom. The smallest absolute Gasteiger partial charge is 0.243 e. The third kappa shape index (κ3) is 2.67. The van der Waals surface area contributed by atoms with Crippen LogP contribution in [0.25, 0.3) is 0 Å². The summed E-state index contributed by atoms with van der Waals surface area (Å²) in [7, 11) is -1.95. The quantitative estimate of drug-likeness (QED) is 0.879. The molecule has 0 saturated heterocycles. The van der Waals surface area contributed by atoms with Gasteiger partial charge in [-0.15, -0.1) is 0 Å². The van der Waals surface area contributed by atoms with Gasteiger partial charge in [0.15, 0.2) is 0 Å². The van der Waals surface area contributed by atoms with Crippen LogP contribution in [-0.4, -0.2) is 26.4 Å². The molecule has 0 amide bonds. The predicted octanol–water partition coefficient (Wildman–Crippen LogP) is 2.02. The van der Waals surface area contributed by atoms with Gasteiger partial charge in [-0.2, -0.15) is 4.31 Å². The molecular formula is C16H18N2O3S. The molecule has 22 heavy (non-hydrogen) atoms. The first-order chi connectivity index (χ1) is 10.5. The van der Waals surface area contributed by atoms with Crippen LogP contribution >= 0.6 is 0 Å². The number of hydrogen-bond donors (Lipinski definition) is 1. The van der Waals surface area contributed by atoms with E-state index < -0.39 is 10.0 Å². The summed E-state index contributed by atoms with van der Waals surface area (Å²) in [5.74, 6) is 0.635. The topological polar surface area (TPSA) is 72.6 Å². The van der Waals surface area contributed by atoms with Gasteiger partial charge in [0.05, 0.1) is 12.0 Å². The minimum absolute atomic E-state index is 0.278. The van der Waals surface area contributed by atoms with Gasteiger partial charge in [-0.05, 0) is 53.9 Å². The first-order valence-corrected chi connectivity index (χ1v) is 8.46. The van der Waals surface area contributed by atoms with Gasteiger partial charge >= 0.3 is 0 Å². The van der Waals surface area contributed by atoms with Crippen molar-refractivity contribution in [2.24, 2.45) is 0 Å². The lowest BCUT2D eigenvalue weighted by Crippen LogP contribution is -2.36. The fraction of sp³-hybridized carbons (Fsp3) is 0.250. The van der Waals surface area contributed by atoms with Crippen molar-refractivity contribution in [3.05, 3.63) is 53.6 Å². The summed E-state index contributed by atoms with van der Waals surface area (Å²) < 4.78 is 32.0. The molecule has 0 atom stereocenters. The Labute approximate surface area is 130 Å². The van der Waals surface area contributed by atoms with E-state index in [1.54, 1.807) is 31.4 Å². The minimum Gasteiger partial charge on any atom is -0.497 e. The van der Waals surface area contributed by atoms with Crippen LogP contribution in [-0.2, 0) is 23.0 Å². The first kappa shape index (κ1) is 14.9. The van der Waals surface area contributed by atoms with Crippen LogP contribution in [0.5, 0.6) is 5.75 Å². The number of nitrogen functional groups attached to an aromatic ring is 1. The third-order valence-electron chi connectivity index (χ3n) is 3.90. The molecule has 0 fully saturated rings. The van der Waals surface area contributed by atoms with E-state index in [0.29, 0.717) is 30.9 Å². The molecule has 0 aliphatic carbocycles. The second kappa shape index (κ2) is 5.62. The fourth-order valence-corrected chi connectivity index (χ4v) is 4.07. The van der Waals surface area contributed by atoms with Crippen molar-refractivity contribution in [2.45, 2.75) is 17.9 Å². The number of anilines is 1. The zero-order chi connectivity index (χ0) is 15.7. The number of ether oxygens (including phenoxy) is 1. The number of nitrogens with two attached hydrogens (primary N) is 1. The van der Waals surface area contributed by atoms with Gasteiger partial charge in [0.1, 0.15) is 5.75 Å². The molecule has 2 aromatic rings. The molecule has 0 aromatic heterocycles. The summed E-state index contributed by atoms with van der Waals surface area (Å²) in [4.78, 5) is 0.278. The minimum atomic E-state index is -3.51. The molecule has 1 aliphatic heterocycles. The van der Waals surface area contributed by atoms with Crippen LogP contribution in [0.3, 0.4) is 0 Å². The molecule has 2 aromatic carbocycles. The highest BCUT2D eigenvalue weighted by atomic mass is 32.2. The van der Waals surface area contributed by atoms with Crippen molar-refractivity contribution >= 4 is 15.7 Å². The molecular weight excluding hydrogens is 300 g/mol. The number of sulfonamides is 1. The van der Waals surface area contributed by atoms with Crippen molar-refractivity contribution < 1.29 is 13.2 Å². The zero-order valence-corrected chi connectivity index (χ0v) is 13.1. The van der Waals surface area contributed by atoms with E-state index in [4.69, 9.17) is 10.5 Å². The average molecular weight is 318 g/mol. The number of fused-ring (bicyclic) bond motifs is 1. The molecule has 6 heteroatoms. The molecule has 5 nitrogen and oxygen atoms in total. The molecule has 2 N–H and O–H groups in total. The monoisotopic (exact) mass is 318 g/mol. The number of rotatable bonds is 3. The Morgan fingerprint density at radius 3 is 2.50 bits per heavy atom. The van der Waals surface area contributed by atoms with Gasteiger partial charge in [0, 0.05) is 18.8 Å². The second-order valence-corrected chi connectivity index (χ2v) is 7.23. The summed E-state index contributed by atoms with van der Waals surface area (Å²) in [6.45, 7) is 0.833. The van der Waals surface area contributed by atoms with Gasteiger partial charge in [-0.1, -0.05) is 6.07 Å². The van der Waals surface area contributed by atoms with Crippen molar-refractivity contribution in [1.29, 1.82) is 0 Å². The Kier molecular flexibility index (Phi) is 3.80. The maximum Gasteiger partial charge on any atom is 0.243 e. The highest BCUT2D eigenvalue weighted by Crippen LogP contribution is 2.27. The van der Waals surface area contributed by atoms with Crippen LogP contribution < -0.4 is 10.5 Å². The van der Waals surface area contributed by atoms with Gasteiger partial charge in [-0.3, -0.25) is 0 Å². The summed E-state index contributed by atoms with van der Waals surface area (Å²) >= 11 is 0. The van der Waals surface area contributed by atoms with E-state index in [0.717, 1.165) is 11.1 Å². The van der Waals surface area contributed by atoms with E-state index in [9.17, 15) is 8.42 Å². The summed E-state index contributed by atoms with van der Waals surface area (Å²) in [5, 5.41) is 0. The van der Waals surface area contributed by atoms with Crippen molar-refractivity contribution in [3.8, 4) is 5.75 Å². The van der Waals surface area contributed by atoms with Crippen molar-refractivity contribution in [1.82, 2.24) is 4.31 Å². The highest BCUT2D eigenvalue weighted by molar-refractivity contribution is 7.89. The standard InChI is InChI=1S/C16H18N2O3S/c1-21-15-4-6-16(7-5-15)22(19,20)18-9-8-12-2-3-14(17)10-13(12)11-18/h2-7,10H,8-9,11,17H2,1H3. The van der Waals surface area contributed by atoms with Crippen molar-refractivity contribution in [3.63, 3.8) is 0 Å². The Hall–Kier alpha value is -2.05. The average Bonchev–Trinajstić information content (AvgIpc) is 2.54. The van der Waals surface area contributed by atoms with Gasteiger partial charge in [0.2, 0.25) is 10.0 Å². The summed E-state index contributed by atoms with van der Waals surface area (Å²) in [5.41, 5.74) is 8.59. The number of benzene rings is 2. The molecule has 0 bridgehead atoms. The van der Waals surface area contributed by atoms with Gasteiger partial charge in [0.25, 0.3) is 0 Å². The van der Waals surface area contributed by atoms with Crippen LogP contribution in [0.2, 0.25) is 0 Å². The van der Waals surface area contributed by atoms with Crippen LogP contribution in [0.4, 0.5) is 5.69 Å². The fourth-order valence-electron chi connectivity index (χ4n) is 2.65. The Morgan fingerprint density at radius 1 is 1.09 bits per heavy atom. The molecule has 1 aliphatic rings. The lowest BCUT2D eigenvalue weighted by Gasteiger charge is -2.28. The van der Waals surface area contributed by atoms with Gasteiger partial charge in [-0.25, -0.2) is 8.42 Å². The maximum absolute atomic E-state index is 12.7. The first-order valence-electron chi connectivity index (χ1n) is 7.02. The zero-order valence-electron chi connectivity index (χ0n) is 12.3. The largest absolute Gasteiger partial charge is 0.497 e. The SMILES string of the molecule is COc1ccc(S(=O)(=O)N2CCc3ccc(N)cc3C2)cc1. The van der Waals surface area contributed by atoms with E-state index in [1.165, 1.54) is 4.31 Å². The number of nitrogens with zero attached hydrogens (tertiary/aromatic N) is 1. The normalized spacial score (nSPS) is 15.3. The second-order valence-electron chi connectivity index (χ2n) is 5.29. The molecule has 0 saturated carbocycles. The number of hydrogen-bond acceptors (Lipinski definition) is 4. The predicted molar refractivity (Wildman–Crippen MR) is 85.1 cm³/mol. The highest BCUT2D eigenvalue weighted by Gasteiger charge is 2.28. The van der Waals surface area contributed by atoms with Crippen molar-refractivity contribution in [2.75, 3.05) is 19.4 Å².